The maximum absolute atomic E-state index is 9.51. The van der Waals surface area contributed by atoms with Crippen LogP contribution >= 0.6 is 0 Å². The molecule has 1 aliphatic heterocycles. The quantitative estimate of drug-likeness (QED) is 0.365. The molecule has 3 heterocycles. The molecule has 0 bridgehead atoms. The molecule has 35 heavy (non-hydrogen) atoms. The summed E-state index contributed by atoms with van der Waals surface area (Å²) >= 11 is 0. The van der Waals surface area contributed by atoms with Gasteiger partial charge in [-0.2, -0.15) is 4.98 Å². The zero-order valence-corrected chi connectivity index (χ0v) is 19.1. The van der Waals surface area contributed by atoms with Gasteiger partial charge in [0, 0.05) is 49.2 Å². The van der Waals surface area contributed by atoms with Crippen molar-refractivity contribution in [3.63, 3.8) is 0 Å². The van der Waals surface area contributed by atoms with Crippen molar-refractivity contribution >= 4 is 17.5 Å². The lowest BCUT2D eigenvalue weighted by Gasteiger charge is -2.26. The van der Waals surface area contributed by atoms with Crippen LogP contribution in [0.25, 0.3) is 11.3 Å². The lowest BCUT2D eigenvalue weighted by molar-refractivity contribution is 0.0336. The van der Waals surface area contributed by atoms with Crippen LogP contribution in [0.15, 0.2) is 72.9 Å². The molecule has 0 atom stereocenters. The maximum atomic E-state index is 9.51. The lowest BCUT2D eigenvalue weighted by atomic mass is 10.1. The summed E-state index contributed by atoms with van der Waals surface area (Å²) in [5, 5.41) is 12.8. The lowest BCUT2D eigenvalue weighted by Crippen LogP contribution is -2.35. The number of phenolic OH excluding ortho intramolecular Hbond substituents is 1. The van der Waals surface area contributed by atoms with E-state index in [9.17, 15) is 5.11 Å². The van der Waals surface area contributed by atoms with Crippen molar-refractivity contribution in [3.8, 4) is 28.5 Å². The monoisotopic (exact) mass is 470 g/mol. The SMILES string of the molecule is Nc1nc(Nc2ccc(Oc3ccnc(CN4CCOCC4)c3)cc2)cc(-c2ccc(O)cc2)n1. The van der Waals surface area contributed by atoms with Crippen molar-refractivity contribution < 1.29 is 14.6 Å². The van der Waals surface area contributed by atoms with E-state index in [1.807, 2.05) is 36.4 Å². The molecule has 0 saturated carbocycles. The van der Waals surface area contributed by atoms with Gasteiger partial charge in [-0.25, -0.2) is 4.98 Å². The Morgan fingerprint density at radius 2 is 1.71 bits per heavy atom. The average Bonchev–Trinajstić information content (AvgIpc) is 2.86. The number of anilines is 3. The fourth-order valence-electron chi connectivity index (χ4n) is 3.79. The summed E-state index contributed by atoms with van der Waals surface area (Å²) < 4.78 is 11.5. The van der Waals surface area contributed by atoms with Crippen LogP contribution in [0.3, 0.4) is 0 Å². The van der Waals surface area contributed by atoms with Crippen LogP contribution in [-0.4, -0.2) is 51.3 Å². The standard InChI is InChI=1S/C26H26N6O3/c27-26-30-24(18-1-5-21(33)6-2-18)16-25(31-26)29-19-3-7-22(8-4-19)35-23-9-10-28-20(15-23)17-32-11-13-34-14-12-32/h1-10,15-16,33H,11-14,17H2,(H3,27,29,30,31). The molecule has 0 unspecified atom stereocenters. The second-order valence-electron chi connectivity index (χ2n) is 8.17. The molecule has 1 aliphatic rings. The van der Waals surface area contributed by atoms with Crippen LogP contribution in [0, 0.1) is 0 Å². The molecule has 2 aromatic carbocycles. The number of aromatic hydroxyl groups is 1. The van der Waals surface area contributed by atoms with Gasteiger partial charge >= 0.3 is 0 Å². The molecule has 0 amide bonds. The van der Waals surface area contributed by atoms with Crippen LogP contribution < -0.4 is 15.8 Å². The Balaban J connectivity index is 1.24. The second-order valence-corrected chi connectivity index (χ2v) is 8.17. The summed E-state index contributed by atoms with van der Waals surface area (Å²) in [7, 11) is 0. The molecule has 9 heteroatoms. The van der Waals surface area contributed by atoms with Crippen molar-refractivity contribution in [2.75, 3.05) is 37.4 Å². The van der Waals surface area contributed by atoms with Gasteiger partial charge < -0.3 is 25.6 Å². The van der Waals surface area contributed by atoms with E-state index < -0.39 is 0 Å². The summed E-state index contributed by atoms with van der Waals surface area (Å²) in [5.41, 5.74) is 9.20. The number of phenols is 1. The van der Waals surface area contributed by atoms with Gasteiger partial charge in [0.25, 0.3) is 0 Å². The van der Waals surface area contributed by atoms with E-state index in [0.717, 1.165) is 55.5 Å². The zero-order valence-electron chi connectivity index (χ0n) is 19.1. The zero-order chi connectivity index (χ0) is 24.0. The first kappa shape index (κ1) is 22.6. The Hall–Kier alpha value is -4.21. The van der Waals surface area contributed by atoms with Gasteiger partial charge in [-0.3, -0.25) is 9.88 Å². The molecule has 4 aromatic rings. The summed E-state index contributed by atoms with van der Waals surface area (Å²) in [6.45, 7) is 4.12. The molecule has 0 aliphatic carbocycles. The fourth-order valence-corrected chi connectivity index (χ4v) is 3.79. The minimum atomic E-state index is 0.156. The predicted molar refractivity (Wildman–Crippen MR) is 134 cm³/mol. The number of nitrogen functional groups attached to an aromatic ring is 1. The molecule has 5 rings (SSSR count). The number of hydrogen-bond acceptors (Lipinski definition) is 9. The van der Waals surface area contributed by atoms with E-state index in [2.05, 4.69) is 25.2 Å². The van der Waals surface area contributed by atoms with Crippen molar-refractivity contribution in [1.29, 1.82) is 0 Å². The molecular formula is C26H26N6O3. The van der Waals surface area contributed by atoms with Crippen molar-refractivity contribution in [1.82, 2.24) is 19.9 Å². The van der Waals surface area contributed by atoms with E-state index in [-0.39, 0.29) is 11.7 Å². The molecule has 9 nitrogen and oxygen atoms in total. The van der Waals surface area contributed by atoms with Crippen LogP contribution in [0.2, 0.25) is 0 Å². The highest BCUT2D eigenvalue weighted by Crippen LogP contribution is 2.27. The first-order chi connectivity index (χ1) is 17.1. The largest absolute Gasteiger partial charge is 0.508 e. The number of ether oxygens (including phenoxy) is 2. The third kappa shape index (κ3) is 6.03. The highest BCUT2D eigenvalue weighted by molar-refractivity contribution is 5.67. The maximum Gasteiger partial charge on any atom is 0.222 e. The third-order valence-electron chi connectivity index (χ3n) is 5.55. The number of morpholine rings is 1. The Kier molecular flexibility index (Phi) is 6.69. The molecule has 2 aromatic heterocycles. The average molecular weight is 471 g/mol. The topological polar surface area (TPSA) is 119 Å². The highest BCUT2D eigenvalue weighted by atomic mass is 16.5. The first-order valence-corrected chi connectivity index (χ1v) is 11.3. The number of hydrogen-bond donors (Lipinski definition) is 3. The van der Waals surface area contributed by atoms with E-state index in [1.165, 1.54) is 0 Å². The Morgan fingerprint density at radius 3 is 2.49 bits per heavy atom. The van der Waals surface area contributed by atoms with Crippen molar-refractivity contribution in [2.24, 2.45) is 0 Å². The molecule has 1 fully saturated rings. The summed E-state index contributed by atoms with van der Waals surface area (Å²) in [5.74, 6) is 2.37. The summed E-state index contributed by atoms with van der Waals surface area (Å²) in [6.07, 6.45) is 1.77. The first-order valence-electron chi connectivity index (χ1n) is 11.3. The van der Waals surface area contributed by atoms with Gasteiger partial charge in [0.05, 0.1) is 24.6 Å². The summed E-state index contributed by atoms with van der Waals surface area (Å²) in [4.78, 5) is 15.4. The van der Waals surface area contributed by atoms with Gasteiger partial charge in [-0.15, -0.1) is 0 Å². The predicted octanol–water partition coefficient (Wildman–Crippen LogP) is 4.19. The van der Waals surface area contributed by atoms with Crippen LogP contribution in [0.5, 0.6) is 17.2 Å². The normalized spacial score (nSPS) is 13.9. The fraction of sp³-hybridized carbons (Fsp3) is 0.192. The Labute approximate surface area is 203 Å². The highest BCUT2D eigenvalue weighted by Gasteiger charge is 2.12. The number of nitrogens with two attached hydrogens (primary N) is 1. The molecule has 1 saturated heterocycles. The van der Waals surface area contributed by atoms with Crippen LogP contribution in [-0.2, 0) is 11.3 Å². The molecule has 0 spiro atoms. The molecular weight excluding hydrogens is 444 g/mol. The minimum absolute atomic E-state index is 0.156. The smallest absolute Gasteiger partial charge is 0.222 e. The van der Waals surface area contributed by atoms with Gasteiger partial charge in [-0.1, -0.05) is 0 Å². The number of benzene rings is 2. The van der Waals surface area contributed by atoms with E-state index in [0.29, 0.717) is 17.3 Å². The minimum Gasteiger partial charge on any atom is -0.508 e. The van der Waals surface area contributed by atoms with Gasteiger partial charge in [-0.05, 0) is 54.6 Å². The van der Waals surface area contributed by atoms with Crippen molar-refractivity contribution in [3.05, 3.63) is 78.6 Å². The molecule has 4 N–H and O–H groups in total. The number of pyridine rings is 1. The van der Waals surface area contributed by atoms with Crippen molar-refractivity contribution in [2.45, 2.75) is 6.54 Å². The number of nitrogens with zero attached hydrogens (tertiary/aromatic N) is 4. The van der Waals surface area contributed by atoms with E-state index in [1.54, 1.807) is 36.5 Å². The van der Waals surface area contributed by atoms with Gasteiger partial charge in [0.1, 0.15) is 23.1 Å². The van der Waals surface area contributed by atoms with Gasteiger partial charge in [0.2, 0.25) is 5.95 Å². The van der Waals surface area contributed by atoms with Gasteiger partial charge in [0.15, 0.2) is 0 Å². The Morgan fingerprint density at radius 1 is 0.943 bits per heavy atom. The number of rotatable bonds is 7. The Bertz CT molecular complexity index is 1280. The number of nitrogens with one attached hydrogen (secondary N) is 1. The van der Waals surface area contributed by atoms with Crippen LogP contribution in [0.4, 0.5) is 17.5 Å². The second kappa shape index (κ2) is 10.4. The van der Waals surface area contributed by atoms with E-state index in [4.69, 9.17) is 15.2 Å². The summed E-state index contributed by atoms with van der Waals surface area (Å²) in [6, 6.07) is 20.0. The molecule has 0 radical (unpaired) electrons. The third-order valence-corrected chi connectivity index (χ3v) is 5.55. The number of aromatic nitrogens is 3. The molecule has 178 valence electrons. The van der Waals surface area contributed by atoms with Crippen LogP contribution in [0.1, 0.15) is 5.69 Å². The van der Waals surface area contributed by atoms with E-state index >= 15 is 0 Å².